The summed E-state index contributed by atoms with van der Waals surface area (Å²) in [7, 11) is 0.529. The lowest BCUT2D eigenvalue weighted by atomic mass is 10.0. The van der Waals surface area contributed by atoms with Gasteiger partial charge in [0.15, 0.2) is 0 Å². The minimum absolute atomic E-state index is 0.0579. The van der Waals surface area contributed by atoms with E-state index in [0.717, 1.165) is 12.7 Å². The first-order valence-corrected chi connectivity index (χ1v) is 13.4. The van der Waals surface area contributed by atoms with Crippen molar-refractivity contribution >= 4 is 27.9 Å². The highest BCUT2D eigenvalue weighted by molar-refractivity contribution is 7.96. The Balaban J connectivity index is 0.000000161. The average molecular weight is 490 g/mol. The second-order valence-corrected chi connectivity index (χ2v) is 11.1. The van der Waals surface area contributed by atoms with Gasteiger partial charge in [0.25, 0.3) is 0 Å². The zero-order valence-corrected chi connectivity index (χ0v) is 20.7. The molecule has 1 spiro atoms. The number of nitrogens with two attached hydrogens (primary N) is 2. The van der Waals surface area contributed by atoms with E-state index < -0.39 is 9.92 Å². The average Bonchev–Trinajstić information content (AvgIpc) is 3.31. The fraction of sp³-hybridized carbons (Fsp3) is 0.609. The standard InChI is InChI=1S/C14H18N2.C9H17N5O3S/c1-15-12-9-3-2-4-11(9)16-13-10(12)5-6-14(13)7-8-14;1-12-3-7-4-13-9(17-5-7)8(2-10)18(11,16)14-6-15/h2-8H2,1H3,(H,15,16);2,6-7,12H,3-5,10H2,1H3,(H2,11,14,15,16)/b;8-2+. The van der Waals surface area contributed by atoms with Crippen molar-refractivity contribution in [2.45, 2.75) is 50.4 Å². The predicted molar refractivity (Wildman–Crippen MR) is 134 cm³/mol. The van der Waals surface area contributed by atoms with Crippen LogP contribution >= 0.6 is 0 Å². The minimum atomic E-state index is -3.38. The molecule has 1 aliphatic heterocycles. The first kappa shape index (κ1) is 24.6. The Hall–Kier alpha value is -2.50. The maximum absolute atomic E-state index is 11.9. The van der Waals surface area contributed by atoms with Crippen LogP contribution < -0.4 is 21.5 Å². The van der Waals surface area contributed by atoms with Gasteiger partial charge in [0.1, 0.15) is 14.8 Å². The summed E-state index contributed by atoms with van der Waals surface area (Å²) in [6, 6.07) is 0. The lowest BCUT2D eigenvalue weighted by molar-refractivity contribution is -0.106. The van der Waals surface area contributed by atoms with E-state index in [1.807, 2.05) is 7.05 Å². The van der Waals surface area contributed by atoms with E-state index in [2.05, 4.69) is 27.0 Å². The van der Waals surface area contributed by atoms with Crippen LogP contribution in [0.25, 0.3) is 0 Å². The molecule has 5 rings (SSSR count). The van der Waals surface area contributed by atoms with Crippen LogP contribution in [-0.4, -0.2) is 55.3 Å². The number of ether oxygens (including phenoxy) is 1. The topological polar surface area (TPSA) is 157 Å². The monoisotopic (exact) mass is 489 g/mol. The van der Waals surface area contributed by atoms with Crippen LogP contribution in [0, 0.1) is 5.92 Å². The predicted octanol–water partition coefficient (Wildman–Crippen LogP) is 1.14. The molecule has 1 fully saturated rings. The molecular formula is C23H35N7O3S. The van der Waals surface area contributed by atoms with Crippen molar-refractivity contribution in [3.8, 4) is 0 Å². The quantitative estimate of drug-likeness (QED) is 0.436. The van der Waals surface area contributed by atoms with Crippen LogP contribution in [0.1, 0.15) is 48.2 Å². The number of hydrogen-bond acceptors (Lipinski definition) is 8. The Morgan fingerprint density at radius 1 is 1.26 bits per heavy atom. The van der Waals surface area contributed by atoms with Gasteiger partial charge < -0.3 is 21.1 Å². The summed E-state index contributed by atoms with van der Waals surface area (Å²) in [5, 5.41) is 11.9. The molecule has 2 heterocycles. The first-order chi connectivity index (χ1) is 16.4. The number of rotatable bonds is 6. The molecule has 2 unspecified atom stereocenters. The molecule has 186 valence electrons. The Bertz CT molecular complexity index is 1130. The molecule has 1 aromatic rings. The number of anilines is 1. The first-order valence-electron chi connectivity index (χ1n) is 11.8. The van der Waals surface area contributed by atoms with E-state index in [-0.39, 0.29) is 23.1 Å². The van der Waals surface area contributed by atoms with E-state index in [0.29, 0.717) is 18.6 Å². The summed E-state index contributed by atoms with van der Waals surface area (Å²) >= 11 is 0. The SMILES string of the molecule is CNCC1CN=C(/C(=C\N)S(N)(=O)=NC=O)OC1.CNc1c2c(nc3c1CCC31CC1)CCC2. The molecule has 2 atom stereocenters. The summed E-state index contributed by atoms with van der Waals surface area (Å²) < 4.78 is 20.4. The molecule has 6 N–H and O–H groups in total. The highest BCUT2D eigenvalue weighted by atomic mass is 32.2. The Kier molecular flexibility index (Phi) is 7.25. The molecule has 10 nitrogen and oxygen atoms in total. The van der Waals surface area contributed by atoms with Gasteiger partial charge in [-0.1, -0.05) is 0 Å². The van der Waals surface area contributed by atoms with Gasteiger partial charge in [-0.05, 0) is 63.1 Å². The van der Waals surface area contributed by atoms with Crippen LogP contribution in [0.2, 0.25) is 0 Å². The van der Waals surface area contributed by atoms with Crippen molar-refractivity contribution in [2.24, 2.45) is 26.1 Å². The van der Waals surface area contributed by atoms with Crippen LogP contribution in [0.3, 0.4) is 0 Å². The van der Waals surface area contributed by atoms with Gasteiger partial charge in [-0.25, -0.2) is 9.35 Å². The fourth-order valence-electron chi connectivity index (χ4n) is 5.21. The number of aliphatic imine (C=N–C) groups is 1. The number of nitrogens with one attached hydrogen (secondary N) is 2. The highest BCUT2D eigenvalue weighted by Gasteiger charge is 2.51. The second-order valence-electron chi connectivity index (χ2n) is 9.31. The van der Waals surface area contributed by atoms with Gasteiger partial charge in [-0.3, -0.25) is 14.8 Å². The molecule has 0 aromatic carbocycles. The maximum Gasteiger partial charge on any atom is 0.242 e. The number of carbonyl (C=O) groups excluding carboxylic acids is 1. The molecule has 34 heavy (non-hydrogen) atoms. The number of hydrogen-bond donors (Lipinski definition) is 4. The molecule has 1 aromatic heterocycles. The zero-order valence-electron chi connectivity index (χ0n) is 19.9. The summed E-state index contributed by atoms with van der Waals surface area (Å²) in [6.07, 6.45) is 10.2. The molecule has 1 saturated carbocycles. The van der Waals surface area contributed by atoms with Crippen LogP contribution in [0.4, 0.5) is 5.69 Å². The molecule has 11 heteroatoms. The number of amides is 1. The van der Waals surface area contributed by atoms with Crippen molar-refractivity contribution in [1.82, 2.24) is 10.3 Å². The van der Waals surface area contributed by atoms with E-state index in [4.69, 9.17) is 20.6 Å². The lowest BCUT2D eigenvalue weighted by Gasteiger charge is -2.22. The van der Waals surface area contributed by atoms with Crippen LogP contribution in [-0.2, 0) is 44.1 Å². The third kappa shape index (κ3) is 4.69. The van der Waals surface area contributed by atoms with Crippen molar-refractivity contribution in [3.63, 3.8) is 0 Å². The largest absolute Gasteiger partial charge is 0.477 e. The van der Waals surface area contributed by atoms with Crippen molar-refractivity contribution in [3.05, 3.63) is 33.6 Å². The van der Waals surface area contributed by atoms with Gasteiger partial charge in [-0.2, -0.15) is 0 Å². The van der Waals surface area contributed by atoms with E-state index in [9.17, 15) is 9.00 Å². The molecule has 0 radical (unpaired) electrons. The smallest absolute Gasteiger partial charge is 0.242 e. The summed E-state index contributed by atoms with van der Waals surface area (Å²) in [4.78, 5) is 19.4. The maximum atomic E-state index is 11.9. The Labute approximate surface area is 201 Å². The van der Waals surface area contributed by atoms with Gasteiger partial charge >= 0.3 is 0 Å². The van der Waals surface area contributed by atoms with E-state index in [1.165, 1.54) is 67.6 Å². The third-order valence-corrected chi connectivity index (χ3v) is 8.44. The van der Waals surface area contributed by atoms with Crippen LogP contribution in [0.15, 0.2) is 20.5 Å². The van der Waals surface area contributed by atoms with Gasteiger partial charge in [0.05, 0.1) is 18.8 Å². The number of nitrogens with zero attached hydrogens (tertiary/aromatic N) is 3. The number of pyridine rings is 1. The number of aryl methyl sites for hydroxylation is 1. The highest BCUT2D eigenvalue weighted by Crippen LogP contribution is 2.58. The number of fused-ring (bicyclic) bond motifs is 3. The molecular weight excluding hydrogens is 454 g/mol. The Morgan fingerprint density at radius 2 is 2.06 bits per heavy atom. The fourth-order valence-corrected chi connectivity index (χ4v) is 6.02. The minimum Gasteiger partial charge on any atom is -0.477 e. The van der Waals surface area contributed by atoms with E-state index in [1.54, 1.807) is 5.56 Å². The molecule has 1 amide bonds. The number of aromatic nitrogens is 1. The molecule has 4 aliphatic rings. The summed E-state index contributed by atoms with van der Waals surface area (Å²) in [6.45, 7) is 1.67. The third-order valence-electron chi connectivity index (χ3n) is 7.10. The number of carbonyl (C=O) groups is 1. The molecule has 3 aliphatic carbocycles. The van der Waals surface area contributed by atoms with Crippen LogP contribution in [0.5, 0.6) is 0 Å². The van der Waals surface area contributed by atoms with E-state index >= 15 is 0 Å². The van der Waals surface area contributed by atoms with Crippen molar-refractivity contribution in [2.75, 3.05) is 39.1 Å². The zero-order chi connectivity index (χ0) is 24.3. The van der Waals surface area contributed by atoms with Gasteiger partial charge in [-0.15, -0.1) is 4.36 Å². The lowest BCUT2D eigenvalue weighted by Crippen LogP contribution is -2.33. The summed E-state index contributed by atoms with van der Waals surface area (Å²) in [5.41, 5.74) is 13.3. The van der Waals surface area contributed by atoms with Crippen molar-refractivity contribution < 1.29 is 13.7 Å². The van der Waals surface area contributed by atoms with Gasteiger partial charge in [0, 0.05) is 42.5 Å². The molecule has 0 saturated heterocycles. The van der Waals surface area contributed by atoms with Gasteiger partial charge in [0.2, 0.25) is 12.3 Å². The van der Waals surface area contributed by atoms with Crippen molar-refractivity contribution in [1.29, 1.82) is 0 Å². The Morgan fingerprint density at radius 3 is 2.65 bits per heavy atom. The summed E-state index contributed by atoms with van der Waals surface area (Å²) in [5.74, 6) is 0.317. The second kappa shape index (κ2) is 10.0. The molecule has 0 bridgehead atoms. The normalized spacial score (nSPS) is 23.4.